The number of amides is 1. The number of oxazole rings is 1. The molecule has 1 aliphatic heterocycles. The zero-order valence-corrected chi connectivity index (χ0v) is 14.6. The van der Waals surface area contributed by atoms with Gasteiger partial charge in [-0.25, -0.2) is 19.3 Å². The second-order valence-electron chi connectivity index (χ2n) is 6.32. The summed E-state index contributed by atoms with van der Waals surface area (Å²) in [6, 6.07) is 9.46. The number of likely N-dealkylation sites (tertiary alicyclic amines) is 1. The summed E-state index contributed by atoms with van der Waals surface area (Å²) in [6.45, 7) is 1.26. The zero-order valence-electron chi connectivity index (χ0n) is 14.6. The number of nitrogens with one attached hydrogen (secondary N) is 1. The monoisotopic (exact) mass is 369 g/mol. The summed E-state index contributed by atoms with van der Waals surface area (Å²) in [5, 5.41) is 4.28. The smallest absolute Gasteiger partial charge is 0.410 e. The topological polar surface area (TPSA) is 106 Å². The second-order valence-corrected chi connectivity index (χ2v) is 6.32. The van der Waals surface area contributed by atoms with Crippen LogP contribution in [-0.4, -0.2) is 43.8 Å². The molecule has 27 heavy (non-hydrogen) atoms. The molecular weight excluding hydrogens is 350 g/mol. The SMILES string of the molecule is O=C(OCc1ccccc1)N1CCC(n2nc(-c3ncco3)[nH]c2=O)CC1. The number of carbonyl (C=O) groups is 1. The van der Waals surface area contributed by atoms with Gasteiger partial charge < -0.3 is 14.1 Å². The number of hydrogen-bond acceptors (Lipinski definition) is 6. The molecule has 0 atom stereocenters. The van der Waals surface area contributed by atoms with Crippen molar-refractivity contribution in [1.82, 2.24) is 24.6 Å². The fraction of sp³-hybridized carbons (Fsp3) is 0.333. The van der Waals surface area contributed by atoms with Crippen LogP contribution in [0.3, 0.4) is 0 Å². The molecule has 2 aromatic heterocycles. The van der Waals surface area contributed by atoms with Crippen molar-refractivity contribution in [3.63, 3.8) is 0 Å². The average molecular weight is 369 g/mol. The van der Waals surface area contributed by atoms with Gasteiger partial charge in [0.25, 0.3) is 5.89 Å². The van der Waals surface area contributed by atoms with Crippen LogP contribution in [0.2, 0.25) is 0 Å². The summed E-state index contributed by atoms with van der Waals surface area (Å²) in [5.41, 5.74) is 0.635. The molecule has 1 amide bonds. The van der Waals surface area contributed by atoms with Crippen molar-refractivity contribution in [2.75, 3.05) is 13.1 Å². The van der Waals surface area contributed by atoms with Crippen molar-refractivity contribution in [3.05, 3.63) is 58.8 Å². The molecule has 3 aromatic rings. The molecule has 3 heterocycles. The average Bonchev–Trinajstić information content (AvgIpc) is 3.37. The lowest BCUT2D eigenvalue weighted by Gasteiger charge is -2.30. The molecule has 9 nitrogen and oxygen atoms in total. The van der Waals surface area contributed by atoms with E-state index in [1.807, 2.05) is 30.3 Å². The number of H-pyrrole nitrogens is 1. The van der Waals surface area contributed by atoms with Crippen molar-refractivity contribution >= 4 is 6.09 Å². The Labute approximate surface area is 154 Å². The molecule has 0 radical (unpaired) electrons. The maximum atomic E-state index is 12.2. The van der Waals surface area contributed by atoms with E-state index in [2.05, 4.69) is 15.1 Å². The normalized spacial score (nSPS) is 15.0. The summed E-state index contributed by atoms with van der Waals surface area (Å²) in [4.78, 5) is 32.7. The third kappa shape index (κ3) is 3.76. The lowest BCUT2D eigenvalue weighted by atomic mass is 10.1. The molecule has 1 fully saturated rings. The van der Waals surface area contributed by atoms with E-state index < -0.39 is 0 Å². The van der Waals surface area contributed by atoms with Gasteiger partial charge in [-0.15, -0.1) is 5.10 Å². The van der Waals surface area contributed by atoms with E-state index in [9.17, 15) is 9.59 Å². The van der Waals surface area contributed by atoms with Crippen molar-refractivity contribution in [2.45, 2.75) is 25.5 Å². The summed E-state index contributed by atoms with van der Waals surface area (Å²) in [5.74, 6) is 0.572. The molecule has 0 bridgehead atoms. The van der Waals surface area contributed by atoms with Crippen LogP contribution in [0.4, 0.5) is 4.79 Å². The number of aromatic nitrogens is 4. The van der Waals surface area contributed by atoms with Crippen molar-refractivity contribution in [1.29, 1.82) is 0 Å². The Morgan fingerprint density at radius 1 is 1.26 bits per heavy atom. The van der Waals surface area contributed by atoms with Crippen LogP contribution in [0.1, 0.15) is 24.4 Å². The maximum absolute atomic E-state index is 12.2. The minimum atomic E-state index is -0.341. The van der Waals surface area contributed by atoms with Gasteiger partial charge in [0, 0.05) is 13.1 Å². The summed E-state index contributed by atoms with van der Waals surface area (Å²) < 4.78 is 11.9. The van der Waals surface area contributed by atoms with E-state index >= 15 is 0 Å². The number of ether oxygens (including phenoxy) is 1. The van der Waals surface area contributed by atoms with Crippen LogP contribution in [-0.2, 0) is 11.3 Å². The lowest BCUT2D eigenvalue weighted by molar-refractivity contribution is 0.0818. The first-order chi connectivity index (χ1) is 13.2. The van der Waals surface area contributed by atoms with Gasteiger partial charge in [-0.3, -0.25) is 4.98 Å². The highest BCUT2D eigenvalue weighted by Crippen LogP contribution is 2.22. The fourth-order valence-electron chi connectivity index (χ4n) is 3.12. The number of hydrogen-bond donors (Lipinski definition) is 1. The number of piperidine rings is 1. The zero-order chi connectivity index (χ0) is 18.6. The van der Waals surface area contributed by atoms with Crippen LogP contribution >= 0.6 is 0 Å². The summed E-state index contributed by atoms with van der Waals surface area (Å²) in [7, 11) is 0. The Hall–Kier alpha value is -3.36. The third-order valence-corrected chi connectivity index (χ3v) is 4.55. The molecule has 140 valence electrons. The van der Waals surface area contributed by atoms with Crippen molar-refractivity contribution in [3.8, 4) is 11.7 Å². The van der Waals surface area contributed by atoms with Gasteiger partial charge in [0.2, 0.25) is 5.82 Å². The quantitative estimate of drug-likeness (QED) is 0.756. The first kappa shape index (κ1) is 17.1. The van der Waals surface area contributed by atoms with Crippen molar-refractivity contribution < 1.29 is 13.9 Å². The van der Waals surface area contributed by atoms with E-state index in [4.69, 9.17) is 9.15 Å². The molecule has 1 aliphatic rings. The molecular formula is C18H19N5O4. The van der Waals surface area contributed by atoms with Gasteiger partial charge in [-0.05, 0) is 18.4 Å². The van der Waals surface area contributed by atoms with Crippen LogP contribution in [0.5, 0.6) is 0 Å². The fourth-order valence-corrected chi connectivity index (χ4v) is 3.12. The predicted molar refractivity (Wildman–Crippen MR) is 94.8 cm³/mol. The minimum Gasteiger partial charge on any atom is -0.445 e. The Morgan fingerprint density at radius 3 is 2.74 bits per heavy atom. The first-order valence-corrected chi connectivity index (χ1v) is 8.75. The van der Waals surface area contributed by atoms with E-state index in [-0.39, 0.29) is 30.3 Å². The van der Waals surface area contributed by atoms with Crippen LogP contribution in [0.25, 0.3) is 11.7 Å². The van der Waals surface area contributed by atoms with Gasteiger partial charge >= 0.3 is 11.8 Å². The largest absolute Gasteiger partial charge is 0.445 e. The molecule has 1 saturated heterocycles. The van der Waals surface area contributed by atoms with Gasteiger partial charge in [0.15, 0.2) is 0 Å². The number of aromatic amines is 1. The van der Waals surface area contributed by atoms with E-state index in [0.29, 0.717) is 31.8 Å². The number of benzene rings is 1. The Kier molecular flexibility index (Phi) is 4.73. The highest BCUT2D eigenvalue weighted by molar-refractivity contribution is 5.67. The van der Waals surface area contributed by atoms with Crippen molar-refractivity contribution in [2.24, 2.45) is 0 Å². The van der Waals surface area contributed by atoms with Gasteiger partial charge in [0.05, 0.1) is 12.2 Å². The first-order valence-electron chi connectivity index (χ1n) is 8.75. The van der Waals surface area contributed by atoms with Crippen LogP contribution in [0.15, 0.2) is 52.0 Å². The van der Waals surface area contributed by atoms with E-state index in [1.54, 1.807) is 4.90 Å². The molecule has 9 heteroatoms. The summed E-state index contributed by atoms with van der Waals surface area (Å²) >= 11 is 0. The maximum Gasteiger partial charge on any atom is 0.410 e. The van der Waals surface area contributed by atoms with E-state index in [0.717, 1.165) is 5.56 Å². The summed E-state index contributed by atoms with van der Waals surface area (Å²) in [6.07, 6.45) is 3.82. The Bertz CT molecular complexity index is 940. The molecule has 4 rings (SSSR count). The lowest BCUT2D eigenvalue weighted by Crippen LogP contribution is -2.41. The van der Waals surface area contributed by atoms with Crippen LogP contribution < -0.4 is 5.69 Å². The van der Waals surface area contributed by atoms with Gasteiger partial charge in [-0.1, -0.05) is 30.3 Å². The number of nitrogens with zero attached hydrogens (tertiary/aromatic N) is 4. The standard InChI is InChI=1S/C18H19N5O4/c24-17-20-15(16-19-8-11-26-16)21-23(17)14-6-9-22(10-7-14)18(25)27-12-13-4-2-1-3-5-13/h1-5,8,11,14H,6-7,9-10,12H2,(H,20,21,24). The third-order valence-electron chi connectivity index (χ3n) is 4.55. The number of rotatable bonds is 4. The van der Waals surface area contributed by atoms with Gasteiger partial charge in [-0.2, -0.15) is 0 Å². The molecule has 0 spiro atoms. The number of carbonyl (C=O) groups excluding carboxylic acids is 1. The highest BCUT2D eigenvalue weighted by Gasteiger charge is 2.27. The molecule has 0 aliphatic carbocycles. The Balaban J connectivity index is 1.34. The highest BCUT2D eigenvalue weighted by atomic mass is 16.6. The molecule has 0 saturated carbocycles. The minimum absolute atomic E-state index is 0.0874. The predicted octanol–water partition coefficient (Wildman–Crippen LogP) is 2.20. The van der Waals surface area contributed by atoms with E-state index in [1.165, 1.54) is 17.1 Å². The van der Waals surface area contributed by atoms with Gasteiger partial charge in [0.1, 0.15) is 12.9 Å². The Morgan fingerprint density at radius 2 is 2.04 bits per heavy atom. The second kappa shape index (κ2) is 7.48. The molecule has 0 unspecified atom stereocenters. The molecule has 1 aromatic carbocycles. The van der Waals surface area contributed by atoms with Crippen LogP contribution in [0, 0.1) is 0 Å². The molecule has 1 N–H and O–H groups in total.